The molecule has 0 unspecified atom stereocenters. The van der Waals surface area contributed by atoms with Crippen LogP contribution in [0.3, 0.4) is 0 Å². The lowest BCUT2D eigenvalue weighted by atomic mass is 10.1. The Bertz CT molecular complexity index is 511. The summed E-state index contributed by atoms with van der Waals surface area (Å²) in [4.78, 5) is 14.3. The zero-order valence-electron chi connectivity index (χ0n) is 7.65. The first kappa shape index (κ1) is 9.71. The standard InChI is InChI=1S/C11H7F2NO/c12-11(13)10-4-2-8-5-7(6-15)1-3-9(8)14-10/h1-6,11H. The predicted octanol–water partition coefficient (Wildman–Crippen LogP) is 2.98. The number of halogens is 2. The van der Waals surface area contributed by atoms with Crippen LogP contribution in [0.25, 0.3) is 10.9 Å². The summed E-state index contributed by atoms with van der Waals surface area (Å²) in [6.45, 7) is 0. The van der Waals surface area contributed by atoms with Gasteiger partial charge < -0.3 is 0 Å². The van der Waals surface area contributed by atoms with Crippen LogP contribution in [0.15, 0.2) is 30.3 Å². The molecule has 76 valence electrons. The first-order valence-electron chi connectivity index (χ1n) is 4.35. The third-order valence-corrected chi connectivity index (χ3v) is 2.09. The van der Waals surface area contributed by atoms with Crippen molar-refractivity contribution in [2.24, 2.45) is 0 Å². The lowest BCUT2D eigenvalue weighted by molar-refractivity contribution is 0.112. The average Bonchev–Trinajstić information content (AvgIpc) is 2.27. The van der Waals surface area contributed by atoms with Gasteiger partial charge in [-0.3, -0.25) is 4.79 Å². The molecule has 2 rings (SSSR count). The number of benzene rings is 1. The van der Waals surface area contributed by atoms with E-state index >= 15 is 0 Å². The number of carbonyl (C=O) groups is 1. The fourth-order valence-electron chi connectivity index (χ4n) is 1.35. The number of aldehydes is 1. The number of rotatable bonds is 2. The number of nitrogens with zero attached hydrogens (tertiary/aromatic N) is 1. The van der Waals surface area contributed by atoms with Crippen molar-refractivity contribution < 1.29 is 13.6 Å². The third-order valence-electron chi connectivity index (χ3n) is 2.09. The van der Waals surface area contributed by atoms with Crippen molar-refractivity contribution in [1.29, 1.82) is 0 Å². The summed E-state index contributed by atoms with van der Waals surface area (Å²) in [5, 5.41) is 0.684. The Morgan fingerprint density at radius 3 is 2.67 bits per heavy atom. The average molecular weight is 207 g/mol. The molecule has 0 saturated heterocycles. The van der Waals surface area contributed by atoms with Gasteiger partial charge in [-0.25, -0.2) is 13.8 Å². The summed E-state index contributed by atoms with van der Waals surface area (Å²) >= 11 is 0. The van der Waals surface area contributed by atoms with Crippen molar-refractivity contribution in [2.45, 2.75) is 6.43 Å². The monoisotopic (exact) mass is 207 g/mol. The molecule has 0 fully saturated rings. The second kappa shape index (κ2) is 3.73. The molecule has 1 aromatic carbocycles. The van der Waals surface area contributed by atoms with Crippen molar-refractivity contribution >= 4 is 17.2 Å². The SMILES string of the molecule is O=Cc1ccc2nc(C(F)F)ccc2c1. The molecule has 2 nitrogen and oxygen atoms in total. The van der Waals surface area contributed by atoms with Crippen molar-refractivity contribution in [3.63, 3.8) is 0 Å². The van der Waals surface area contributed by atoms with Crippen LogP contribution in [0, 0.1) is 0 Å². The molecule has 0 amide bonds. The molecule has 1 aromatic heterocycles. The smallest absolute Gasteiger partial charge is 0.280 e. The highest BCUT2D eigenvalue weighted by atomic mass is 19.3. The number of alkyl halides is 2. The van der Waals surface area contributed by atoms with Gasteiger partial charge in [0.15, 0.2) is 0 Å². The van der Waals surface area contributed by atoms with Crippen LogP contribution in [-0.4, -0.2) is 11.3 Å². The van der Waals surface area contributed by atoms with Gasteiger partial charge in [0.25, 0.3) is 6.43 Å². The molecule has 2 aromatic rings. The Hall–Kier alpha value is -1.84. The molecule has 0 aliphatic heterocycles. The molecule has 15 heavy (non-hydrogen) atoms. The van der Waals surface area contributed by atoms with E-state index in [0.29, 0.717) is 22.8 Å². The van der Waals surface area contributed by atoms with E-state index in [-0.39, 0.29) is 5.69 Å². The fraction of sp³-hybridized carbons (Fsp3) is 0.0909. The van der Waals surface area contributed by atoms with Crippen molar-refractivity contribution in [2.75, 3.05) is 0 Å². The Morgan fingerprint density at radius 2 is 2.00 bits per heavy atom. The first-order valence-corrected chi connectivity index (χ1v) is 4.35. The minimum Gasteiger partial charge on any atom is -0.298 e. The third kappa shape index (κ3) is 1.83. The maximum atomic E-state index is 12.3. The van der Waals surface area contributed by atoms with Crippen LogP contribution in [0.1, 0.15) is 22.5 Å². The van der Waals surface area contributed by atoms with Crippen LogP contribution in [0.2, 0.25) is 0 Å². The molecule has 0 spiro atoms. The highest BCUT2D eigenvalue weighted by Gasteiger charge is 2.08. The molecule has 0 N–H and O–H groups in total. The van der Waals surface area contributed by atoms with Gasteiger partial charge in [-0.15, -0.1) is 0 Å². The van der Waals surface area contributed by atoms with E-state index in [4.69, 9.17) is 0 Å². The highest BCUT2D eigenvalue weighted by Crippen LogP contribution is 2.20. The van der Waals surface area contributed by atoms with Gasteiger partial charge in [-0.2, -0.15) is 0 Å². The summed E-state index contributed by atoms with van der Waals surface area (Å²) in [6, 6.07) is 7.53. The van der Waals surface area contributed by atoms with E-state index in [0.717, 1.165) is 0 Å². The highest BCUT2D eigenvalue weighted by molar-refractivity contribution is 5.86. The Labute approximate surface area is 84.6 Å². The second-order valence-electron chi connectivity index (χ2n) is 3.11. The van der Waals surface area contributed by atoms with E-state index in [1.165, 1.54) is 12.1 Å². The number of pyridine rings is 1. The van der Waals surface area contributed by atoms with E-state index in [1.807, 2.05) is 0 Å². The molecule has 0 aliphatic carbocycles. The number of carbonyl (C=O) groups excluding carboxylic acids is 1. The van der Waals surface area contributed by atoms with Crippen molar-refractivity contribution in [1.82, 2.24) is 4.98 Å². The molecular weight excluding hydrogens is 200 g/mol. The molecule has 0 atom stereocenters. The topological polar surface area (TPSA) is 30.0 Å². The van der Waals surface area contributed by atoms with Gasteiger partial charge in [0.1, 0.15) is 12.0 Å². The molecule has 0 saturated carbocycles. The summed E-state index contributed by atoms with van der Waals surface area (Å²) in [5.41, 5.74) is 0.730. The second-order valence-corrected chi connectivity index (χ2v) is 3.11. The first-order chi connectivity index (χ1) is 7.20. The number of fused-ring (bicyclic) bond motifs is 1. The minimum atomic E-state index is -2.57. The van der Waals surface area contributed by atoms with E-state index in [2.05, 4.69) is 4.98 Å². The molecule has 0 radical (unpaired) electrons. The fourth-order valence-corrected chi connectivity index (χ4v) is 1.35. The zero-order valence-corrected chi connectivity index (χ0v) is 7.65. The number of hydrogen-bond donors (Lipinski definition) is 0. The summed E-state index contributed by atoms with van der Waals surface area (Å²) < 4.78 is 24.6. The number of aromatic nitrogens is 1. The number of hydrogen-bond acceptors (Lipinski definition) is 2. The van der Waals surface area contributed by atoms with Crippen LogP contribution in [-0.2, 0) is 0 Å². The molecular formula is C11H7F2NO. The van der Waals surface area contributed by atoms with Crippen LogP contribution < -0.4 is 0 Å². The largest absolute Gasteiger partial charge is 0.298 e. The molecule has 1 heterocycles. The van der Waals surface area contributed by atoms with Gasteiger partial charge in [0, 0.05) is 10.9 Å². The van der Waals surface area contributed by atoms with Crippen LogP contribution in [0.5, 0.6) is 0 Å². The lowest BCUT2D eigenvalue weighted by Gasteiger charge is -2.01. The molecule has 0 bridgehead atoms. The predicted molar refractivity (Wildman–Crippen MR) is 52.1 cm³/mol. The van der Waals surface area contributed by atoms with Gasteiger partial charge >= 0.3 is 0 Å². The summed E-state index contributed by atoms with van der Waals surface area (Å²) in [6.07, 6.45) is -1.86. The maximum Gasteiger partial charge on any atom is 0.280 e. The Kier molecular flexibility index (Phi) is 2.41. The van der Waals surface area contributed by atoms with Crippen molar-refractivity contribution in [3.05, 3.63) is 41.6 Å². The maximum absolute atomic E-state index is 12.3. The van der Waals surface area contributed by atoms with Gasteiger partial charge in [-0.1, -0.05) is 6.07 Å². The lowest BCUT2D eigenvalue weighted by Crippen LogP contribution is -1.91. The van der Waals surface area contributed by atoms with Gasteiger partial charge in [0.2, 0.25) is 0 Å². The molecule has 0 aliphatic rings. The zero-order chi connectivity index (χ0) is 10.8. The normalized spacial score (nSPS) is 10.9. The Balaban J connectivity index is 2.59. The Morgan fingerprint density at radius 1 is 1.20 bits per heavy atom. The van der Waals surface area contributed by atoms with Crippen molar-refractivity contribution in [3.8, 4) is 0 Å². The van der Waals surface area contributed by atoms with E-state index in [9.17, 15) is 13.6 Å². The van der Waals surface area contributed by atoms with E-state index < -0.39 is 6.43 Å². The van der Waals surface area contributed by atoms with Crippen LogP contribution in [0.4, 0.5) is 8.78 Å². The van der Waals surface area contributed by atoms with E-state index in [1.54, 1.807) is 18.2 Å². The summed E-state index contributed by atoms with van der Waals surface area (Å²) in [7, 11) is 0. The summed E-state index contributed by atoms with van der Waals surface area (Å²) in [5.74, 6) is 0. The van der Waals surface area contributed by atoms with Gasteiger partial charge in [-0.05, 0) is 24.3 Å². The molecule has 4 heteroatoms. The quantitative estimate of drug-likeness (QED) is 0.708. The minimum absolute atomic E-state index is 0.249. The van der Waals surface area contributed by atoms with Gasteiger partial charge in [0.05, 0.1) is 5.52 Å². The van der Waals surface area contributed by atoms with Crippen LogP contribution >= 0.6 is 0 Å².